The summed E-state index contributed by atoms with van der Waals surface area (Å²) in [4.78, 5) is 4.29. The second kappa shape index (κ2) is 6.14. The highest BCUT2D eigenvalue weighted by molar-refractivity contribution is 5.68. The predicted molar refractivity (Wildman–Crippen MR) is 82.6 cm³/mol. The van der Waals surface area contributed by atoms with Crippen molar-refractivity contribution in [2.75, 3.05) is 14.2 Å². The Morgan fingerprint density at radius 1 is 1.14 bits per heavy atom. The third-order valence-electron chi connectivity index (χ3n) is 3.73. The fraction of sp³-hybridized carbons (Fsp3) is 0.353. The highest BCUT2D eigenvalue weighted by Gasteiger charge is 2.20. The molecule has 1 aromatic carbocycles. The first-order valence-electron chi connectivity index (χ1n) is 7.21. The third kappa shape index (κ3) is 3.34. The van der Waals surface area contributed by atoms with Crippen molar-refractivity contribution >= 4 is 0 Å². The highest BCUT2D eigenvalue weighted by atomic mass is 16.5. The van der Waals surface area contributed by atoms with E-state index >= 15 is 0 Å². The molecule has 0 unspecified atom stereocenters. The lowest BCUT2D eigenvalue weighted by Crippen LogP contribution is -2.16. The summed E-state index contributed by atoms with van der Waals surface area (Å²) in [5.41, 5.74) is 3.50. The molecule has 0 radical (unpaired) electrons. The maximum absolute atomic E-state index is 5.34. The van der Waals surface area contributed by atoms with Gasteiger partial charge in [-0.05, 0) is 42.2 Å². The number of benzene rings is 1. The molecule has 1 saturated carbocycles. The van der Waals surface area contributed by atoms with Crippen LogP contribution in [0.3, 0.4) is 0 Å². The first-order valence-corrected chi connectivity index (χ1v) is 7.21. The number of hydrogen-bond donors (Lipinski definition) is 1. The molecule has 0 amide bonds. The second-order valence-corrected chi connectivity index (χ2v) is 5.27. The summed E-state index contributed by atoms with van der Waals surface area (Å²) < 4.78 is 10.5. The first-order chi connectivity index (χ1) is 10.3. The van der Waals surface area contributed by atoms with Crippen molar-refractivity contribution in [3.63, 3.8) is 0 Å². The minimum Gasteiger partial charge on any atom is -0.497 e. The molecule has 21 heavy (non-hydrogen) atoms. The van der Waals surface area contributed by atoms with Crippen LogP contribution in [0.2, 0.25) is 0 Å². The maximum Gasteiger partial charge on any atom is 0.212 e. The standard InChI is InChI=1S/C17H20N2O2/c1-20-15-6-7-16(12-3-8-17(21-2)19-10-12)13(9-15)11-18-14-4-5-14/h3,6-10,14,18H,4-5,11H2,1-2H3. The number of rotatable bonds is 6. The molecule has 1 N–H and O–H groups in total. The average molecular weight is 284 g/mol. The molecule has 0 aliphatic heterocycles. The fourth-order valence-electron chi connectivity index (χ4n) is 2.33. The molecule has 4 nitrogen and oxygen atoms in total. The van der Waals surface area contributed by atoms with E-state index in [1.807, 2.05) is 24.4 Å². The molecule has 1 aliphatic rings. The van der Waals surface area contributed by atoms with Crippen molar-refractivity contribution in [2.24, 2.45) is 0 Å². The smallest absolute Gasteiger partial charge is 0.212 e. The van der Waals surface area contributed by atoms with Crippen LogP contribution in [0, 0.1) is 0 Å². The molecule has 4 heteroatoms. The summed E-state index contributed by atoms with van der Waals surface area (Å²) in [6.45, 7) is 0.850. The van der Waals surface area contributed by atoms with Crippen LogP contribution in [0.1, 0.15) is 18.4 Å². The molecule has 1 fully saturated rings. The van der Waals surface area contributed by atoms with Gasteiger partial charge in [0.1, 0.15) is 5.75 Å². The van der Waals surface area contributed by atoms with Gasteiger partial charge in [0, 0.05) is 30.4 Å². The van der Waals surface area contributed by atoms with E-state index in [0.717, 1.165) is 17.9 Å². The van der Waals surface area contributed by atoms with Gasteiger partial charge in [-0.1, -0.05) is 6.07 Å². The Bertz CT molecular complexity index is 607. The van der Waals surface area contributed by atoms with Crippen LogP contribution >= 0.6 is 0 Å². The molecular formula is C17H20N2O2. The zero-order valence-electron chi connectivity index (χ0n) is 12.4. The quantitative estimate of drug-likeness (QED) is 0.885. The van der Waals surface area contributed by atoms with Gasteiger partial charge in [-0.3, -0.25) is 0 Å². The fourth-order valence-corrected chi connectivity index (χ4v) is 2.33. The average Bonchev–Trinajstić information content (AvgIpc) is 3.37. The minimum absolute atomic E-state index is 0.630. The maximum atomic E-state index is 5.34. The Balaban J connectivity index is 1.90. The van der Waals surface area contributed by atoms with Crippen molar-refractivity contribution < 1.29 is 9.47 Å². The van der Waals surface area contributed by atoms with E-state index in [2.05, 4.69) is 22.4 Å². The topological polar surface area (TPSA) is 43.4 Å². The van der Waals surface area contributed by atoms with Gasteiger partial charge in [-0.2, -0.15) is 0 Å². The van der Waals surface area contributed by atoms with Crippen LogP contribution in [0.15, 0.2) is 36.5 Å². The molecule has 1 heterocycles. The van der Waals surface area contributed by atoms with Gasteiger partial charge in [0.15, 0.2) is 0 Å². The summed E-state index contributed by atoms with van der Waals surface area (Å²) >= 11 is 0. The number of ether oxygens (including phenoxy) is 2. The van der Waals surface area contributed by atoms with Gasteiger partial charge in [0.2, 0.25) is 5.88 Å². The number of pyridine rings is 1. The summed E-state index contributed by atoms with van der Waals surface area (Å²) in [5.74, 6) is 1.51. The van der Waals surface area contributed by atoms with Crippen molar-refractivity contribution in [3.05, 3.63) is 42.1 Å². The van der Waals surface area contributed by atoms with Crippen molar-refractivity contribution in [2.45, 2.75) is 25.4 Å². The van der Waals surface area contributed by atoms with Gasteiger partial charge >= 0.3 is 0 Å². The normalized spacial score (nSPS) is 14.0. The lowest BCUT2D eigenvalue weighted by atomic mass is 10.0. The molecule has 0 bridgehead atoms. The second-order valence-electron chi connectivity index (χ2n) is 5.27. The van der Waals surface area contributed by atoms with E-state index in [9.17, 15) is 0 Å². The van der Waals surface area contributed by atoms with Crippen LogP contribution < -0.4 is 14.8 Å². The van der Waals surface area contributed by atoms with E-state index in [4.69, 9.17) is 9.47 Å². The molecule has 0 atom stereocenters. The minimum atomic E-state index is 0.630. The molecule has 0 spiro atoms. The third-order valence-corrected chi connectivity index (χ3v) is 3.73. The Morgan fingerprint density at radius 2 is 2.00 bits per heavy atom. The Morgan fingerprint density at radius 3 is 2.62 bits per heavy atom. The molecular weight excluding hydrogens is 264 g/mol. The van der Waals surface area contributed by atoms with E-state index in [0.29, 0.717) is 11.9 Å². The van der Waals surface area contributed by atoms with E-state index in [-0.39, 0.29) is 0 Å². The molecule has 110 valence electrons. The largest absolute Gasteiger partial charge is 0.497 e. The molecule has 2 aromatic rings. The summed E-state index contributed by atoms with van der Waals surface area (Å²) in [6, 6.07) is 10.8. The van der Waals surface area contributed by atoms with Crippen LogP contribution in [-0.4, -0.2) is 25.2 Å². The van der Waals surface area contributed by atoms with Crippen molar-refractivity contribution in [1.82, 2.24) is 10.3 Å². The highest BCUT2D eigenvalue weighted by Crippen LogP contribution is 2.29. The monoisotopic (exact) mass is 284 g/mol. The molecule has 1 aromatic heterocycles. The van der Waals surface area contributed by atoms with E-state index < -0.39 is 0 Å². The van der Waals surface area contributed by atoms with Crippen LogP contribution in [0.4, 0.5) is 0 Å². The molecule has 3 rings (SSSR count). The van der Waals surface area contributed by atoms with Gasteiger partial charge < -0.3 is 14.8 Å². The molecule has 1 aliphatic carbocycles. The lowest BCUT2D eigenvalue weighted by Gasteiger charge is -2.12. The summed E-state index contributed by atoms with van der Waals surface area (Å²) in [5, 5.41) is 3.56. The van der Waals surface area contributed by atoms with E-state index in [1.165, 1.54) is 24.0 Å². The predicted octanol–water partition coefficient (Wildman–Crippen LogP) is 3.02. The number of hydrogen-bond acceptors (Lipinski definition) is 4. The molecule has 0 saturated heterocycles. The van der Waals surface area contributed by atoms with Crippen LogP contribution in [0.25, 0.3) is 11.1 Å². The first kappa shape index (κ1) is 13.9. The van der Waals surface area contributed by atoms with Crippen molar-refractivity contribution in [3.8, 4) is 22.8 Å². The van der Waals surface area contributed by atoms with Gasteiger partial charge in [-0.15, -0.1) is 0 Å². The van der Waals surface area contributed by atoms with E-state index in [1.54, 1.807) is 14.2 Å². The zero-order chi connectivity index (χ0) is 14.7. The number of aromatic nitrogens is 1. The summed E-state index contributed by atoms with van der Waals surface area (Å²) in [7, 11) is 3.32. The number of nitrogens with one attached hydrogen (secondary N) is 1. The van der Waals surface area contributed by atoms with Crippen LogP contribution in [-0.2, 0) is 6.54 Å². The lowest BCUT2D eigenvalue weighted by molar-refractivity contribution is 0.398. The van der Waals surface area contributed by atoms with Crippen LogP contribution in [0.5, 0.6) is 11.6 Å². The zero-order valence-corrected chi connectivity index (χ0v) is 12.4. The number of methoxy groups -OCH3 is 2. The Labute approximate surface area is 125 Å². The number of nitrogens with zero attached hydrogens (tertiary/aromatic N) is 1. The van der Waals surface area contributed by atoms with Gasteiger partial charge in [0.05, 0.1) is 14.2 Å². The Kier molecular flexibility index (Phi) is 4.06. The van der Waals surface area contributed by atoms with Crippen molar-refractivity contribution in [1.29, 1.82) is 0 Å². The van der Waals surface area contributed by atoms with Gasteiger partial charge in [-0.25, -0.2) is 4.98 Å². The SMILES string of the molecule is COc1ccc(-c2ccc(OC)nc2)c(CNC2CC2)c1. The van der Waals surface area contributed by atoms with Gasteiger partial charge in [0.25, 0.3) is 0 Å². The Hall–Kier alpha value is -2.07. The summed E-state index contributed by atoms with van der Waals surface area (Å²) in [6.07, 6.45) is 4.41.